The molecule has 1 aromatic heterocycles. The number of amides is 1. The number of benzene rings is 1. The predicted molar refractivity (Wildman–Crippen MR) is 98.5 cm³/mol. The zero-order valence-corrected chi connectivity index (χ0v) is 16.0. The van der Waals surface area contributed by atoms with Crippen LogP contribution in [0.5, 0.6) is 0 Å². The van der Waals surface area contributed by atoms with Crippen LogP contribution in [0.2, 0.25) is 0 Å². The fraction of sp³-hybridized carbons (Fsp3) is 0.368. The van der Waals surface area contributed by atoms with Crippen molar-refractivity contribution in [2.45, 2.75) is 37.6 Å². The topological polar surface area (TPSA) is 103 Å². The normalized spacial score (nSPS) is 16.0. The van der Waals surface area contributed by atoms with Crippen LogP contribution in [0.3, 0.4) is 0 Å². The van der Waals surface area contributed by atoms with Crippen molar-refractivity contribution in [2.75, 3.05) is 13.1 Å². The van der Waals surface area contributed by atoms with Gasteiger partial charge in [0.1, 0.15) is 10.7 Å². The summed E-state index contributed by atoms with van der Waals surface area (Å²) in [5.41, 5.74) is 1.37. The van der Waals surface area contributed by atoms with E-state index in [4.69, 9.17) is 9.68 Å². The van der Waals surface area contributed by atoms with Crippen LogP contribution in [0.25, 0.3) is 0 Å². The molecule has 0 radical (unpaired) electrons. The Labute approximate surface area is 158 Å². The van der Waals surface area contributed by atoms with Gasteiger partial charge in [0.05, 0.1) is 17.7 Å². The maximum Gasteiger partial charge on any atom is 0.287 e. The van der Waals surface area contributed by atoms with Gasteiger partial charge in [0.15, 0.2) is 5.76 Å². The predicted octanol–water partition coefficient (Wildman–Crippen LogP) is 2.74. The molecule has 1 unspecified atom stereocenters. The number of hydrogen-bond acceptors (Lipinski definition) is 5. The van der Waals surface area contributed by atoms with Crippen molar-refractivity contribution >= 4 is 15.9 Å². The van der Waals surface area contributed by atoms with Gasteiger partial charge < -0.3 is 9.73 Å². The van der Waals surface area contributed by atoms with Gasteiger partial charge in [-0.25, -0.2) is 8.42 Å². The first-order valence-electron chi connectivity index (χ1n) is 8.74. The number of carbonyl (C=O) groups is 1. The number of nitrogens with zero attached hydrogens (tertiary/aromatic N) is 2. The zero-order valence-electron chi connectivity index (χ0n) is 15.2. The van der Waals surface area contributed by atoms with Crippen LogP contribution in [0.15, 0.2) is 39.6 Å². The van der Waals surface area contributed by atoms with E-state index in [2.05, 4.69) is 5.32 Å². The number of nitrogens with one attached hydrogen (secondary N) is 1. The van der Waals surface area contributed by atoms with E-state index in [0.717, 1.165) is 18.4 Å². The number of nitriles is 1. The lowest BCUT2D eigenvalue weighted by atomic mass is 10.1. The van der Waals surface area contributed by atoms with Crippen molar-refractivity contribution in [2.24, 2.45) is 0 Å². The molecule has 0 aliphatic carbocycles. The van der Waals surface area contributed by atoms with Gasteiger partial charge in [0, 0.05) is 19.2 Å². The van der Waals surface area contributed by atoms with Crippen molar-refractivity contribution in [3.63, 3.8) is 0 Å². The van der Waals surface area contributed by atoms with Gasteiger partial charge in [-0.2, -0.15) is 9.57 Å². The number of furan rings is 1. The van der Waals surface area contributed by atoms with Gasteiger partial charge in [-0.1, -0.05) is 12.1 Å². The van der Waals surface area contributed by atoms with E-state index in [9.17, 15) is 13.2 Å². The SMILES string of the molecule is Cc1oc(C(=O)NC(C)c2ccc(C#N)cc2)cc1S(=O)(=O)N1CCCC1. The lowest BCUT2D eigenvalue weighted by molar-refractivity contribution is 0.0910. The van der Waals surface area contributed by atoms with Crippen molar-refractivity contribution < 1.29 is 17.6 Å². The summed E-state index contributed by atoms with van der Waals surface area (Å²) in [4.78, 5) is 12.5. The van der Waals surface area contributed by atoms with Crippen LogP contribution in [0.1, 0.15) is 53.2 Å². The summed E-state index contributed by atoms with van der Waals surface area (Å²) >= 11 is 0. The molecule has 142 valence electrons. The van der Waals surface area contributed by atoms with Gasteiger partial charge in [-0.3, -0.25) is 4.79 Å². The van der Waals surface area contributed by atoms with Gasteiger partial charge in [0.2, 0.25) is 10.0 Å². The van der Waals surface area contributed by atoms with Gasteiger partial charge >= 0.3 is 0 Å². The third-order valence-corrected chi connectivity index (χ3v) is 6.67. The van der Waals surface area contributed by atoms with Crippen LogP contribution in [-0.4, -0.2) is 31.7 Å². The Morgan fingerprint density at radius 3 is 2.48 bits per heavy atom. The number of hydrogen-bond donors (Lipinski definition) is 1. The van der Waals surface area contributed by atoms with Gasteiger partial charge in [0.25, 0.3) is 5.91 Å². The van der Waals surface area contributed by atoms with Crippen molar-refractivity contribution in [1.82, 2.24) is 9.62 Å². The Balaban J connectivity index is 1.76. The number of rotatable bonds is 5. The van der Waals surface area contributed by atoms with Crippen LogP contribution >= 0.6 is 0 Å². The molecule has 1 aliphatic heterocycles. The summed E-state index contributed by atoms with van der Waals surface area (Å²) < 4.78 is 32.3. The molecule has 1 aromatic carbocycles. The monoisotopic (exact) mass is 387 g/mol. The lowest BCUT2D eigenvalue weighted by Crippen LogP contribution is -2.28. The molecule has 7 nitrogen and oxygen atoms in total. The molecule has 3 rings (SSSR count). The molecule has 27 heavy (non-hydrogen) atoms. The number of aryl methyl sites for hydroxylation is 1. The highest BCUT2D eigenvalue weighted by atomic mass is 32.2. The molecule has 0 bridgehead atoms. The summed E-state index contributed by atoms with van der Waals surface area (Å²) in [5, 5.41) is 11.6. The first kappa shape index (κ1) is 19.1. The zero-order chi connectivity index (χ0) is 19.6. The van der Waals surface area contributed by atoms with Gasteiger partial charge in [-0.05, 0) is 44.4 Å². The Kier molecular flexibility index (Phi) is 5.35. The Hall–Kier alpha value is -2.63. The molecule has 1 aliphatic rings. The summed E-state index contributed by atoms with van der Waals surface area (Å²) in [5.74, 6) is -0.318. The lowest BCUT2D eigenvalue weighted by Gasteiger charge is -2.14. The summed E-state index contributed by atoms with van der Waals surface area (Å²) in [6.07, 6.45) is 1.68. The van der Waals surface area contributed by atoms with E-state index in [1.54, 1.807) is 38.1 Å². The smallest absolute Gasteiger partial charge is 0.287 e. The van der Waals surface area contributed by atoms with E-state index >= 15 is 0 Å². The van der Waals surface area contributed by atoms with E-state index in [-0.39, 0.29) is 22.5 Å². The van der Waals surface area contributed by atoms with Crippen LogP contribution in [-0.2, 0) is 10.0 Å². The Morgan fingerprint density at radius 2 is 1.89 bits per heavy atom. The van der Waals surface area contributed by atoms with E-state index in [1.807, 2.05) is 6.07 Å². The first-order chi connectivity index (χ1) is 12.8. The second-order valence-corrected chi connectivity index (χ2v) is 8.48. The summed E-state index contributed by atoms with van der Waals surface area (Å²) in [6, 6.07) is 9.89. The molecule has 1 atom stereocenters. The van der Waals surface area contributed by atoms with Crippen molar-refractivity contribution in [1.29, 1.82) is 5.26 Å². The molecular formula is C19H21N3O4S. The molecule has 1 fully saturated rings. The van der Waals surface area contributed by atoms with Crippen molar-refractivity contribution in [3.8, 4) is 6.07 Å². The highest BCUT2D eigenvalue weighted by Crippen LogP contribution is 2.26. The van der Waals surface area contributed by atoms with Crippen LogP contribution in [0.4, 0.5) is 0 Å². The molecule has 2 heterocycles. The Morgan fingerprint density at radius 1 is 1.26 bits per heavy atom. The minimum absolute atomic E-state index is 0.0363. The summed E-state index contributed by atoms with van der Waals surface area (Å²) in [6.45, 7) is 4.33. The number of carbonyl (C=O) groups excluding carboxylic acids is 1. The maximum atomic E-state index is 12.7. The van der Waals surface area contributed by atoms with Crippen LogP contribution < -0.4 is 5.32 Å². The first-order valence-corrected chi connectivity index (χ1v) is 10.2. The molecular weight excluding hydrogens is 366 g/mol. The molecule has 0 saturated carbocycles. The highest BCUT2D eigenvalue weighted by molar-refractivity contribution is 7.89. The standard InChI is InChI=1S/C19H21N3O4S/c1-13(16-7-5-15(12-20)6-8-16)21-19(23)17-11-18(14(2)26-17)27(24,25)22-9-3-4-10-22/h5-8,11,13H,3-4,9-10H2,1-2H3,(H,21,23). The molecule has 1 amide bonds. The largest absolute Gasteiger partial charge is 0.455 e. The molecule has 2 aromatic rings. The molecule has 8 heteroatoms. The minimum Gasteiger partial charge on any atom is -0.455 e. The quantitative estimate of drug-likeness (QED) is 0.850. The second-order valence-electron chi connectivity index (χ2n) is 6.57. The van der Waals surface area contributed by atoms with E-state index in [1.165, 1.54) is 10.4 Å². The average Bonchev–Trinajstić information content (AvgIpc) is 3.32. The van der Waals surface area contributed by atoms with Crippen LogP contribution in [0, 0.1) is 18.3 Å². The fourth-order valence-electron chi connectivity index (χ4n) is 3.10. The third-order valence-electron chi connectivity index (χ3n) is 4.67. The fourth-order valence-corrected chi connectivity index (χ4v) is 4.78. The van der Waals surface area contributed by atoms with E-state index < -0.39 is 15.9 Å². The second kappa shape index (κ2) is 7.55. The maximum absolute atomic E-state index is 12.7. The summed E-state index contributed by atoms with van der Waals surface area (Å²) in [7, 11) is -3.64. The average molecular weight is 387 g/mol. The number of sulfonamides is 1. The van der Waals surface area contributed by atoms with Gasteiger partial charge in [-0.15, -0.1) is 0 Å². The minimum atomic E-state index is -3.64. The Bertz CT molecular complexity index is 981. The highest BCUT2D eigenvalue weighted by Gasteiger charge is 2.31. The van der Waals surface area contributed by atoms with E-state index in [0.29, 0.717) is 18.7 Å². The molecule has 0 spiro atoms. The van der Waals surface area contributed by atoms with Crippen molar-refractivity contribution in [3.05, 3.63) is 53.0 Å². The molecule has 1 N–H and O–H groups in total. The third kappa shape index (κ3) is 3.89. The molecule has 1 saturated heterocycles.